The molecule has 3 aromatic carbocycles. The van der Waals surface area contributed by atoms with Crippen LogP contribution in [0.4, 0.5) is 10.1 Å². The predicted octanol–water partition coefficient (Wildman–Crippen LogP) is 7.50. The molecule has 3 aromatic rings. The van der Waals surface area contributed by atoms with Crippen molar-refractivity contribution in [1.82, 2.24) is 4.90 Å². The molecule has 0 radical (unpaired) electrons. The number of anilines is 1. The summed E-state index contributed by atoms with van der Waals surface area (Å²) in [4.78, 5) is 42.3. The van der Waals surface area contributed by atoms with E-state index in [2.05, 4.69) is 0 Å². The van der Waals surface area contributed by atoms with Crippen LogP contribution in [-0.4, -0.2) is 28.7 Å². The average molecular weight is 593 g/mol. The lowest BCUT2D eigenvalue weighted by Crippen LogP contribution is -2.67. The van der Waals surface area contributed by atoms with Crippen LogP contribution in [0, 0.1) is 5.82 Å². The maximum atomic E-state index is 14.1. The monoisotopic (exact) mass is 590 g/mol. The van der Waals surface area contributed by atoms with Crippen molar-refractivity contribution in [1.29, 1.82) is 0 Å². The number of nitrogens with zero attached hydrogens (tertiary/aromatic N) is 2. The fourth-order valence-electron chi connectivity index (χ4n) is 4.29. The molecule has 35 heavy (non-hydrogen) atoms. The number of imide groups is 1. The second-order valence-electron chi connectivity index (χ2n) is 7.74. The Morgan fingerprint density at radius 1 is 0.657 bits per heavy atom. The lowest BCUT2D eigenvalue weighted by molar-refractivity contribution is -0.130. The molecule has 5 nitrogen and oxygen atoms in total. The van der Waals surface area contributed by atoms with Gasteiger partial charge in [0.2, 0.25) is 0 Å². The first-order chi connectivity index (χ1) is 16.5. The molecule has 0 aliphatic carbocycles. The molecular weight excluding hydrogens is 584 g/mol. The third kappa shape index (κ3) is 3.62. The van der Waals surface area contributed by atoms with Crippen molar-refractivity contribution >= 4 is 93.0 Å². The minimum absolute atomic E-state index is 0.182. The van der Waals surface area contributed by atoms with E-state index >= 15 is 0 Å². The van der Waals surface area contributed by atoms with Gasteiger partial charge in [-0.1, -0.05) is 81.7 Å². The molecule has 0 N–H and O–H groups in total. The molecule has 12 heteroatoms. The number of hydrogen-bond donors (Lipinski definition) is 0. The van der Waals surface area contributed by atoms with Gasteiger partial charge < -0.3 is 4.90 Å². The van der Waals surface area contributed by atoms with Gasteiger partial charge in [-0.05, 0) is 35.9 Å². The van der Waals surface area contributed by atoms with E-state index < -0.39 is 35.6 Å². The molecule has 2 atom stereocenters. The van der Waals surface area contributed by atoms with Crippen LogP contribution in [0.5, 0.6) is 0 Å². The molecule has 2 aliphatic heterocycles. The van der Waals surface area contributed by atoms with Crippen LogP contribution in [0.3, 0.4) is 0 Å². The Morgan fingerprint density at radius 2 is 1.26 bits per heavy atom. The van der Waals surface area contributed by atoms with E-state index in [9.17, 15) is 18.8 Å². The van der Waals surface area contributed by atoms with Gasteiger partial charge in [-0.3, -0.25) is 19.3 Å². The minimum atomic E-state index is -1.33. The van der Waals surface area contributed by atoms with Gasteiger partial charge in [0, 0.05) is 5.69 Å². The number of fused-ring (bicyclic) bond motifs is 1. The highest BCUT2D eigenvalue weighted by molar-refractivity contribution is 6.55. The summed E-state index contributed by atoms with van der Waals surface area (Å²) in [6, 6.07) is 7.69. The molecule has 1 fully saturated rings. The van der Waals surface area contributed by atoms with Crippen molar-refractivity contribution in [3.05, 3.63) is 95.1 Å². The van der Waals surface area contributed by atoms with Crippen LogP contribution >= 0.6 is 69.6 Å². The lowest BCUT2D eigenvalue weighted by atomic mass is 9.86. The molecule has 0 spiro atoms. The lowest BCUT2D eigenvalue weighted by Gasteiger charge is -2.49. The fraction of sp³-hybridized carbons (Fsp3) is 0.0870. The van der Waals surface area contributed by atoms with Gasteiger partial charge in [0.1, 0.15) is 11.9 Å². The smallest absolute Gasteiger partial charge is 0.264 e. The maximum absolute atomic E-state index is 14.1. The zero-order valence-corrected chi connectivity index (χ0v) is 21.5. The molecular formula is C23H9Cl6FN2O3. The van der Waals surface area contributed by atoms with Crippen LogP contribution in [0.1, 0.15) is 32.3 Å². The van der Waals surface area contributed by atoms with Crippen LogP contribution in [0.25, 0.3) is 0 Å². The van der Waals surface area contributed by atoms with Gasteiger partial charge in [0.25, 0.3) is 17.7 Å². The van der Waals surface area contributed by atoms with Crippen LogP contribution in [0.2, 0.25) is 30.1 Å². The second kappa shape index (κ2) is 8.80. The van der Waals surface area contributed by atoms with Gasteiger partial charge in [0.15, 0.2) is 0 Å². The molecule has 1 saturated heterocycles. The molecule has 0 aromatic heterocycles. The summed E-state index contributed by atoms with van der Waals surface area (Å²) in [6.45, 7) is 0. The molecule has 5 rings (SSSR count). The Bertz CT molecular complexity index is 1430. The topological polar surface area (TPSA) is 57.7 Å². The first-order valence-corrected chi connectivity index (χ1v) is 12.1. The molecule has 0 bridgehead atoms. The molecule has 2 aliphatic rings. The number of halogens is 7. The zero-order valence-electron chi connectivity index (χ0n) is 17.0. The van der Waals surface area contributed by atoms with Gasteiger partial charge >= 0.3 is 0 Å². The highest BCUT2D eigenvalue weighted by atomic mass is 35.5. The first kappa shape index (κ1) is 24.6. The third-order valence-electron chi connectivity index (χ3n) is 5.85. The fourth-order valence-corrected chi connectivity index (χ4v) is 5.60. The van der Waals surface area contributed by atoms with Crippen LogP contribution in [-0.2, 0) is 4.79 Å². The van der Waals surface area contributed by atoms with E-state index in [0.717, 1.165) is 4.90 Å². The number of hydrogen-bond acceptors (Lipinski definition) is 3. The second-order valence-corrected chi connectivity index (χ2v) is 10.1. The van der Waals surface area contributed by atoms with Crippen LogP contribution in [0.15, 0.2) is 42.5 Å². The Hall–Kier alpha value is -2.06. The summed E-state index contributed by atoms with van der Waals surface area (Å²) < 4.78 is 14.1. The van der Waals surface area contributed by atoms with E-state index in [1.54, 1.807) is 12.1 Å². The standard InChI is InChI=1S/C23H9Cl6FN2O3/c24-11-5-4-10(7-12(11)25)31-19(8-2-1-3-9(30)6-8)20(23(31)35)32-21(33)13-14(22(32)34)16(27)18(29)17(28)15(13)26/h1-7,19-20H. The van der Waals surface area contributed by atoms with E-state index in [-0.39, 0.29) is 41.3 Å². The highest BCUT2D eigenvalue weighted by Crippen LogP contribution is 2.49. The van der Waals surface area contributed by atoms with Gasteiger partial charge in [-0.25, -0.2) is 4.39 Å². The SMILES string of the molecule is O=C1c2c(Cl)c(Cl)c(Cl)c(Cl)c2C(=O)N1C1C(=O)N(c2ccc(Cl)c(Cl)c2)C1c1cccc(F)c1. The molecule has 0 saturated carbocycles. The highest BCUT2D eigenvalue weighted by Gasteiger charge is 2.58. The summed E-state index contributed by atoms with van der Waals surface area (Å²) in [5.41, 5.74) is 0.170. The van der Waals surface area contributed by atoms with Crippen molar-refractivity contribution in [3.63, 3.8) is 0 Å². The van der Waals surface area contributed by atoms with E-state index in [0.29, 0.717) is 11.3 Å². The first-order valence-electron chi connectivity index (χ1n) is 9.82. The quantitative estimate of drug-likeness (QED) is 0.137. The van der Waals surface area contributed by atoms with Crippen molar-refractivity contribution < 1.29 is 18.8 Å². The summed E-state index contributed by atoms with van der Waals surface area (Å²) in [6.07, 6.45) is 0. The van der Waals surface area contributed by atoms with Gasteiger partial charge in [-0.15, -0.1) is 0 Å². The zero-order chi connectivity index (χ0) is 25.3. The molecule has 178 valence electrons. The van der Waals surface area contributed by atoms with E-state index in [1.165, 1.54) is 35.2 Å². The van der Waals surface area contributed by atoms with Crippen molar-refractivity contribution in [2.75, 3.05) is 4.90 Å². The summed E-state index contributed by atoms with van der Waals surface area (Å²) >= 11 is 36.8. The van der Waals surface area contributed by atoms with Crippen molar-refractivity contribution in [2.45, 2.75) is 12.1 Å². The predicted molar refractivity (Wildman–Crippen MR) is 134 cm³/mol. The largest absolute Gasteiger partial charge is 0.300 e. The Kier molecular flexibility index (Phi) is 6.19. The summed E-state index contributed by atoms with van der Waals surface area (Å²) in [5, 5.41) is -0.458. The van der Waals surface area contributed by atoms with Gasteiger partial charge in [-0.2, -0.15) is 0 Å². The third-order valence-corrected chi connectivity index (χ3v) is 8.39. The molecule has 3 amide bonds. The Morgan fingerprint density at radius 3 is 1.80 bits per heavy atom. The number of benzene rings is 3. The minimum Gasteiger partial charge on any atom is -0.300 e. The molecule has 2 unspecified atom stereocenters. The number of β-lactam (4-membered cyclic amide) rings is 1. The maximum Gasteiger partial charge on any atom is 0.264 e. The number of carbonyl (C=O) groups is 3. The van der Waals surface area contributed by atoms with E-state index in [1.807, 2.05) is 0 Å². The summed E-state index contributed by atoms with van der Waals surface area (Å²) in [5.74, 6) is -2.92. The number of amides is 3. The number of carbonyl (C=O) groups excluding carboxylic acids is 3. The summed E-state index contributed by atoms with van der Waals surface area (Å²) in [7, 11) is 0. The van der Waals surface area contributed by atoms with E-state index in [4.69, 9.17) is 69.6 Å². The number of rotatable bonds is 3. The Labute approximate surface area is 227 Å². The van der Waals surface area contributed by atoms with Crippen LogP contribution < -0.4 is 4.90 Å². The van der Waals surface area contributed by atoms with Crippen molar-refractivity contribution in [3.8, 4) is 0 Å². The average Bonchev–Trinajstić information content (AvgIpc) is 3.07. The van der Waals surface area contributed by atoms with Gasteiger partial charge in [0.05, 0.1) is 47.3 Å². The molecule has 2 heterocycles. The van der Waals surface area contributed by atoms with Crippen molar-refractivity contribution in [2.24, 2.45) is 0 Å². The normalized spacial score (nSPS) is 19.3. The Balaban J connectivity index is 1.65.